The minimum absolute atomic E-state index is 0.140. The number of ether oxygens (including phenoxy) is 2. The Balaban J connectivity index is 1.41. The first kappa shape index (κ1) is 23.1. The van der Waals surface area contributed by atoms with Crippen LogP contribution in [0.2, 0.25) is 0 Å². The van der Waals surface area contributed by atoms with Crippen molar-refractivity contribution in [3.63, 3.8) is 0 Å². The van der Waals surface area contributed by atoms with Crippen LogP contribution in [0, 0.1) is 5.92 Å². The maximum Gasteiger partial charge on any atom is 0.174 e. The number of hydrogen-bond acceptors (Lipinski definition) is 5. The maximum absolute atomic E-state index is 13.3. The van der Waals surface area contributed by atoms with Gasteiger partial charge in [-0.25, -0.2) is 0 Å². The average molecular weight is 476 g/mol. The van der Waals surface area contributed by atoms with E-state index in [0.717, 1.165) is 43.7 Å². The molecule has 2 unspecified atom stereocenters. The Morgan fingerprint density at radius 3 is 2.71 bits per heavy atom. The van der Waals surface area contributed by atoms with Crippen molar-refractivity contribution in [2.75, 3.05) is 20.2 Å². The van der Waals surface area contributed by atoms with E-state index in [1.165, 1.54) is 24.0 Å². The molecule has 5 nitrogen and oxygen atoms in total. The molecule has 2 saturated carbocycles. The van der Waals surface area contributed by atoms with Crippen LogP contribution in [0.5, 0.6) is 11.5 Å². The predicted molar refractivity (Wildman–Crippen MR) is 135 cm³/mol. The zero-order valence-electron chi connectivity index (χ0n) is 21.0. The van der Waals surface area contributed by atoms with E-state index >= 15 is 0 Å². The zero-order valence-corrected chi connectivity index (χ0v) is 21.0. The molecular formula is C30H37NO4. The molecular weight excluding hydrogens is 438 g/mol. The van der Waals surface area contributed by atoms with E-state index in [9.17, 15) is 9.90 Å². The Kier molecular flexibility index (Phi) is 5.69. The van der Waals surface area contributed by atoms with Crippen LogP contribution in [-0.2, 0) is 27.8 Å². The molecule has 4 atom stereocenters. The fourth-order valence-corrected chi connectivity index (χ4v) is 7.50. The summed E-state index contributed by atoms with van der Waals surface area (Å²) in [6.07, 6.45) is 6.70. The highest BCUT2D eigenvalue weighted by Gasteiger charge is 2.71. The van der Waals surface area contributed by atoms with Crippen LogP contribution in [0.4, 0.5) is 0 Å². The summed E-state index contributed by atoms with van der Waals surface area (Å²) in [5.41, 5.74) is 2.47. The summed E-state index contributed by atoms with van der Waals surface area (Å²) >= 11 is 0. The Hall–Kier alpha value is -2.37. The molecule has 0 aromatic heterocycles. The number of rotatable bonds is 9. The number of aryl methyl sites for hydroxylation is 1. The van der Waals surface area contributed by atoms with Crippen LogP contribution >= 0.6 is 0 Å². The highest BCUT2D eigenvalue weighted by molar-refractivity contribution is 5.90. The van der Waals surface area contributed by atoms with E-state index in [1.807, 2.05) is 6.07 Å². The van der Waals surface area contributed by atoms with Crippen molar-refractivity contribution in [3.8, 4) is 11.5 Å². The maximum atomic E-state index is 13.3. The van der Waals surface area contributed by atoms with Gasteiger partial charge in [0.25, 0.3) is 0 Å². The third-order valence-electron chi connectivity index (χ3n) is 9.24. The molecule has 4 aliphatic rings. The Bertz CT molecular complexity index is 1110. The van der Waals surface area contributed by atoms with Gasteiger partial charge in [-0.05, 0) is 75.1 Å². The van der Waals surface area contributed by atoms with Crippen LogP contribution in [-0.4, -0.2) is 53.7 Å². The molecule has 35 heavy (non-hydrogen) atoms. The lowest BCUT2D eigenvalue weighted by molar-refractivity contribution is -0.193. The SMILES string of the molecule is CC[C@]12c3c4ccc(O)c3O[C@H]1C(=O)CCC2(OCCCc1ccccc1)C(N(C)CC1CC1)C4. The fraction of sp³-hybridized carbons (Fsp3) is 0.567. The van der Waals surface area contributed by atoms with E-state index in [0.29, 0.717) is 25.2 Å². The van der Waals surface area contributed by atoms with Crippen LogP contribution in [0.1, 0.15) is 62.1 Å². The molecule has 1 heterocycles. The second-order valence-corrected chi connectivity index (χ2v) is 11.2. The number of likely N-dealkylation sites (N-methyl/N-ethyl adjacent to an activating group) is 1. The van der Waals surface area contributed by atoms with Gasteiger partial charge >= 0.3 is 0 Å². The number of carbonyl (C=O) groups excluding carboxylic acids is 1. The highest BCUT2D eigenvalue weighted by Crippen LogP contribution is 2.64. The van der Waals surface area contributed by atoms with Crippen molar-refractivity contribution < 1.29 is 19.4 Å². The molecule has 6 rings (SSSR count). The average Bonchev–Trinajstić information content (AvgIpc) is 3.60. The number of benzene rings is 2. The smallest absolute Gasteiger partial charge is 0.174 e. The lowest BCUT2D eigenvalue weighted by Crippen LogP contribution is -2.73. The topological polar surface area (TPSA) is 59.0 Å². The molecule has 0 saturated heterocycles. The van der Waals surface area contributed by atoms with E-state index in [-0.39, 0.29) is 17.6 Å². The molecule has 0 radical (unpaired) electrons. The molecule has 2 aromatic carbocycles. The van der Waals surface area contributed by atoms with Crippen molar-refractivity contribution in [3.05, 3.63) is 59.2 Å². The molecule has 0 bridgehead atoms. The number of Topliss-reactive ketones (excluding diaryl/α,β-unsaturated/α-hetero) is 1. The van der Waals surface area contributed by atoms with E-state index < -0.39 is 17.1 Å². The largest absolute Gasteiger partial charge is 0.504 e. The van der Waals surface area contributed by atoms with Gasteiger partial charge in [0.2, 0.25) is 0 Å². The third kappa shape index (κ3) is 3.46. The Morgan fingerprint density at radius 1 is 1.17 bits per heavy atom. The van der Waals surface area contributed by atoms with Crippen LogP contribution in [0.15, 0.2) is 42.5 Å². The summed E-state index contributed by atoms with van der Waals surface area (Å²) in [5, 5.41) is 10.7. The first-order valence-electron chi connectivity index (χ1n) is 13.4. The minimum atomic E-state index is -0.588. The number of ketones is 1. The summed E-state index contributed by atoms with van der Waals surface area (Å²) in [7, 11) is 2.25. The number of phenols is 1. The normalized spacial score (nSPS) is 30.9. The quantitative estimate of drug-likeness (QED) is 0.527. The summed E-state index contributed by atoms with van der Waals surface area (Å²) in [6.45, 7) is 3.89. The van der Waals surface area contributed by atoms with Gasteiger partial charge in [0.1, 0.15) is 0 Å². The monoisotopic (exact) mass is 475 g/mol. The van der Waals surface area contributed by atoms with Crippen molar-refractivity contribution >= 4 is 5.78 Å². The van der Waals surface area contributed by atoms with Crippen LogP contribution < -0.4 is 4.74 Å². The number of hydrogen-bond donors (Lipinski definition) is 1. The van der Waals surface area contributed by atoms with Gasteiger partial charge in [-0.15, -0.1) is 0 Å². The lowest BCUT2D eigenvalue weighted by Gasteiger charge is -2.60. The summed E-state index contributed by atoms with van der Waals surface area (Å²) in [6, 6.07) is 14.5. The molecule has 186 valence electrons. The number of aromatic hydroxyl groups is 1. The van der Waals surface area contributed by atoms with E-state index in [1.54, 1.807) is 6.07 Å². The van der Waals surface area contributed by atoms with Gasteiger partial charge in [0.15, 0.2) is 23.4 Å². The molecule has 5 heteroatoms. The summed E-state index contributed by atoms with van der Waals surface area (Å²) in [4.78, 5) is 15.9. The van der Waals surface area contributed by atoms with Crippen molar-refractivity contribution in [1.29, 1.82) is 0 Å². The van der Waals surface area contributed by atoms with Crippen molar-refractivity contribution in [2.45, 2.75) is 81.5 Å². The van der Waals surface area contributed by atoms with Crippen molar-refractivity contribution in [1.82, 2.24) is 4.90 Å². The van der Waals surface area contributed by atoms with Gasteiger partial charge in [-0.1, -0.05) is 43.3 Å². The van der Waals surface area contributed by atoms with Crippen LogP contribution in [0.3, 0.4) is 0 Å². The minimum Gasteiger partial charge on any atom is -0.504 e. The summed E-state index contributed by atoms with van der Waals surface area (Å²) < 4.78 is 13.5. The second kappa shape index (κ2) is 8.63. The Labute approximate surface area is 208 Å². The summed E-state index contributed by atoms with van der Waals surface area (Å²) in [5.74, 6) is 1.57. The molecule has 1 N–H and O–H groups in total. The fourth-order valence-electron chi connectivity index (χ4n) is 7.50. The van der Waals surface area contributed by atoms with Crippen molar-refractivity contribution in [2.24, 2.45) is 5.92 Å². The van der Waals surface area contributed by atoms with Gasteiger partial charge < -0.3 is 14.6 Å². The third-order valence-corrected chi connectivity index (χ3v) is 9.24. The second-order valence-electron chi connectivity index (χ2n) is 11.2. The Morgan fingerprint density at radius 2 is 1.97 bits per heavy atom. The van der Waals surface area contributed by atoms with Gasteiger partial charge in [-0.3, -0.25) is 9.69 Å². The zero-order chi connectivity index (χ0) is 24.2. The highest BCUT2D eigenvalue weighted by atomic mass is 16.5. The lowest BCUT2D eigenvalue weighted by atomic mass is 9.50. The van der Waals surface area contributed by atoms with E-state index in [4.69, 9.17) is 9.47 Å². The number of phenolic OH excluding ortho intramolecular Hbond substituents is 1. The van der Waals surface area contributed by atoms with Gasteiger partial charge in [0.05, 0.1) is 11.0 Å². The standard InChI is InChI=1S/C30H37NO4/c1-3-29-26-22-13-14-23(32)27(26)35-28(29)24(33)15-16-30(29,25(18-22)31(2)19-21-11-12-21)34-17-7-10-20-8-5-4-6-9-20/h4-6,8-9,13-14,21,25,28,32H,3,7,10-12,15-19H2,1-2H3/t25?,28-,29-,30?/m0/s1. The van der Waals surface area contributed by atoms with Gasteiger partial charge in [0, 0.05) is 31.2 Å². The molecule has 3 aliphatic carbocycles. The van der Waals surface area contributed by atoms with Gasteiger partial charge in [-0.2, -0.15) is 0 Å². The molecule has 2 aromatic rings. The predicted octanol–water partition coefficient (Wildman–Crippen LogP) is 4.82. The molecule has 2 fully saturated rings. The van der Waals surface area contributed by atoms with Crippen LogP contribution in [0.25, 0.3) is 0 Å². The first-order chi connectivity index (χ1) is 17.0. The first-order valence-corrected chi connectivity index (χ1v) is 13.4. The molecule has 0 spiro atoms. The van der Waals surface area contributed by atoms with E-state index in [2.05, 4.69) is 49.2 Å². The number of carbonyl (C=O) groups is 1. The molecule has 0 amide bonds. The number of nitrogens with zero attached hydrogens (tertiary/aromatic N) is 1. The molecule has 1 aliphatic heterocycles.